The van der Waals surface area contributed by atoms with Crippen LogP contribution in [0.4, 0.5) is 14.6 Å². The maximum absolute atomic E-state index is 14.3. The number of hydrogen-bond acceptors (Lipinski definition) is 6. The van der Waals surface area contributed by atoms with Gasteiger partial charge in [-0.25, -0.2) is 23.7 Å². The van der Waals surface area contributed by atoms with Crippen LogP contribution in [-0.2, 0) is 9.53 Å². The topological polar surface area (TPSA) is 96.0 Å². The van der Waals surface area contributed by atoms with Crippen molar-refractivity contribution in [2.45, 2.75) is 12.8 Å². The minimum Gasteiger partial charge on any atom is -0.367 e. The van der Waals surface area contributed by atoms with Gasteiger partial charge in [0.05, 0.1) is 11.2 Å². The van der Waals surface area contributed by atoms with Crippen LogP contribution in [0.25, 0.3) is 22.4 Å². The summed E-state index contributed by atoms with van der Waals surface area (Å²) in [5.41, 5.74) is 1.29. The van der Waals surface area contributed by atoms with Gasteiger partial charge >= 0.3 is 0 Å². The molecule has 0 radical (unpaired) electrons. The van der Waals surface area contributed by atoms with Gasteiger partial charge in [-0.3, -0.25) is 4.79 Å². The molecule has 1 amide bonds. The number of aromatic amines is 1. The largest absolute Gasteiger partial charge is 0.367 e. The highest BCUT2D eigenvalue weighted by Crippen LogP contribution is 2.28. The van der Waals surface area contributed by atoms with Gasteiger partial charge in [-0.15, -0.1) is 0 Å². The van der Waals surface area contributed by atoms with Crippen LogP contribution < -0.4 is 5.32 Å². The Hall–Kier alpha value is -2.85. The van der Waals surface area contributed by atoms with Crippen molar-refractivity contribution in [1.29, 1.82) is 0 Å². The van der Waals surface area contributed by atoms with Gasteiger partial charge in [0, 0.05) is 43.0 Å². The van der Waals surface area contributed by atoms with E-state index in [9.17, 15) is 13.6 Å². The Labute approximate surface area is 182 Å². The summed E-state index contributed by atoms with van der Waals surface area (Å²) in [7, 11) is 0. The Morgan fingerprint density at radius 2 is 2.26 bits per heavy atom. The summed E-state index contributed by atoms with van der Waals surface area (Å²) in [6, 6.07) is 1.75. The minimum atomic E-state index is -0.988. The summed E-state index contributed by atoms with van der Waals surface area (Å²) in [5.74, 6) is -0.289. The van der Waals surface area contributed by atoms with Gasteiger partial charge < -0.3 is 19.9 Å². The molecule has 2 N–H and O–H groups in total. The molecule has 0 unspecified atom stereocenters. The number of pyridine rings is 1. The van der Waals surface area contributed by atoms with Gasteiger partial charge in [-0.1, -0.05) is 11.6 Å². The number of hydrogen-bond donors (Lipinski definition) is 2. The van der Waals surface area contributed by atoms with Crippen LogP contribution in [0.15, 0.2) is 24.7 Å². The zero-order valence-corrected chi connectivity index (χ0v) is 17.3. The molecule has 8 nitrogen and oxygen atoms in total. The third kappa shape index (κ3) is 4.91. The van der Waals surface area contributed by atoms with Crippen molar-refractivity contribution in [2.24, 2.45) is 5.92 Å². The second-order valence-corrected chi connectivity index (χ2v) is 7.77. The molecule has 0 saturated carbocycles. The van der Waals surface area contributed by atoms with Crippen LogP contribution in [0.1, 0.15) is 12.8 Å². The number of rotatable bonds is 7. The Morgan fingerprint density at radius 3 is 3.10 bits per heavy atom. The first-order chi connectivity index (χ1) is 15.0. The van der Waals surface area contributed by atoms with E-state index in [1.54, 1.807) is 17.2 Å². The number of amides is 1. The predicted octanol–water partition coefficient (Wildman–Crippen LogP) is 3.41. The standard InChI is InChI=1S/C20H21ClF2N6O2/c21-13-4-14-15(7-26-18(14)25-6-13)19-27-8-16(23)20(28-19)24-5-12-2-1-3-29(9-12)17(30)10-31-11-22/h4,6-8,12H,1-3,5,9-11H2,(H,25,26)(H,24,27,28)/t12-/m1/s1. The smallest absolute Gasteiger partial charge is 0.248 e. The highest BCUT2D eigenvalue weighted by Gasteiger charge is 2.24. The van der Waals surface area contributed by atoms with Crippen molar-refractivity contribution >= 4 is 34.4 Å². The van der Waals surface area contributed by atoms with Crippen molar-refractivity contribution < 1.29 is 18.3 Å². The molecule has 0 bridgehead atoms. The maximum atomic E-state index is 14.3. The van der Waals surface area contributed by atoms with Gasteiger partial charge in [0.1, 0.15) is 12.3 Å². The molecule has 0 aromatic carbocycles. The molecular weight excluding hydrogens is 430 g/mol. The molecule has 1 saturated heterocycles. The molecule has 1 fully saturated rings. The second-order valence-electron chi connectivity index (χ2n) is 7.33. The summed E-state index contributed by atoms with van der Waals surface area (Å²) < 4.78 is 31.0. The monoisotopic (exact) mass is 450 g/mol. The highest BCUT2D eigenvalue weighted by atomic mass is 35.5. The van der Waals surface area contributed by atoms with Crippen molar-refractivity contribution in [1.82, 2.24) is 24.8 Å². The first-order valence-corrected chi connectivity index (χ1v) is 10.2. The van der Waals surface area contributed by atoms with Crippen molar-refractivity contribution in [3.63, 3.8) is 0 Å². The van der Waals surface area contributed by atoms with E-state index >= 15 is 0 Å². The van der Waals surface area contributed by atoms with Crippen molar-refractivity contribution in [3.05, 3.63) is 35.5 Å². The fourth-order valence-electron chi connectivity index (χ4n) is 3.70. The van der Waals surface area contributed by atoms with E-state index in [-0.39, 0.29) is 24.2 Å². The number of halogens is 3. The molecule has 1 aliphatic rings. The summed E-state index contributed by atoms with van der Waals surface area (Å²) >= 11 is 6.05. The Bertz CT molecular complexity index is 1080. The number of anilines is 1. The lowest BCUT2D eigenvalue weighted by atomic mass is 9.98. The molecule has 1 atom stereocenters. The number of ether oxygens (including phenoxy) is 1. The fraction of sp³-hybridized carbons (Fsp3) is 0.400. The lowest BCUT2D eigenvalue weighted by Gasteiger charge is -2.32. The number of H-pyrrole nitrogens is 1. The number of likely N-dealkylation sites (tertiary alicyclic amines) is 1. The van der Waals surface area contributed by atoms with Crippen LogP contribution >= 0.6 is 11.6 Å². The molecule has 3 aromatic rings. The predicted molar refractivity (Wildman–Crippen MR) is 112 cm³/mol. The first kappa shape index (κ1) is 21.4. The molecule has 1 aliphatic heterocycles. The van der Waals surface area contributed by atoms with Crippen LogP contribution in [0.2, 0.25) is 5.02 Å². The number of carbonyl (C=O) groups excluding carboxylic acids is 1. The lowest BCUT2D eigenvalue weighted by molar-refractivity contribution is -0.139. The normalized spacial score (nSPS) is 16.6. The number of alkyl halides is 1. The van der Waals surface area contributed by atoms with Crippen LogP contribution in [-0.4, -0.2) is 63.8 Å². The van der Waals surface area contributed by atoms with Gasteiger partial charge in [0.2, 0.25) is 5.91 Å². The molecule has 0 spiro atoms. The van der Waals surface area contributed by atoms with Crippen molar-refractivity contribution in [2.75, 3.05) is 38.4 Å². The average Bonchev–Trinajstić information content (AvgIpc) is 3.20. The highest BCUT2D eigenvalue weighted by molar-refractivity contribution is 6.31. The third-order valence-corrected chi connectivity index (χ3v) is 5.42. The number of aromatic nitrogens is 4. The summed E-state index contributed by atoms with van der Waals surface area (Å²) in [4.78, 5) is 29.4. The van der Waals surface area contributed by atoms with Gasteiger partial charge in [0.25, 0.3) is 0 Å². The second kappa shape index (κ2) is 9.52. The minimum absolute atomic E-state index is 0.0820. The quantitative estimate of drug-likeness (QED) is 0.572. The fourth-order valence-corrected chi connectivity index (χ4v) is 3.86. The van der Waals surface area contributed by atoms with Gasteiger partial charge in [-0.05, 0) is 24.8 Å². The third-order valence-electron chi connectivity index (χ3n) is 5.22. The average molecular weight is 451 g/mol. The van der Waals surface area contributed by atoms with Crippen molar-refractivity contribution in [3.8, 4) is 11.4 Å². The van der Waals surface area contributed by atoms with Crippen LogP contribution in [0, 0.1) is 11.7 Å². The number of fused-ring (bicyclic) bond motifs is 1. The molecule has 0 aliphatic carbocycles. The zero-order valence-electron chi connectivity index (χ0n) is 16.6. The molecule has 4 rings (SSSR count). The van der Waals surface area contributed by atoms with Crippen LogP contribution in [0.5, 0.6) is 0 Å². The van der Waals surface area contributed by atoms with E-state index in [0.717, 1.165) is 24.4 Å². The Balaban J connectivity index is 1.45. The number of nitrogens with zero attached hydrogens (tertiary/aromatic N) is 4. The first-order valence-electron chi connectivity index (χ1n) is 9.86. The van der Waals surface area contributed by atoms with E-state index in [1.165, 1.54) is 6.20 Å². The molecule has 3 aromatic heterocycles. The van der Waals surface area contributed by atoms with Crippen LogP contribution in [0.3, 0.4) is 0 Å². The van der Waals surface area contributed by atoms with Gasteiger partial charge in [0.15, 0.2) is 24.3 Å². The Kier molecular flexibility index (Phi) is 6.57. The molecule has 164 valence electrons. The number of carbonyl (C=O) groups is 1. The van der Waals surface area contributed by atoms with E-state index < -0.39 is 12.7 Å². The van der Waals surface area contributed by atoms with E-state index in [1.807, 2.05) is 0 Å². The molecule has 11 heteroatoms. The molecule has 4 heterocycles. The van der Waals surface area contributed by atoms with E-state index in [4.69, 9.17) is 11.6 Å². The lowest BCUT2D eigenvalue weighted by Crippen LogP contribution is -2.43. The summed E-state index contributed by atoms with van der Waals surface area (Å²) in [5, 5.41) is 4.25. The Morgan fingerprint density at radius 1 is 1.39 bits per heavy atom. The van der Waals surface area contributed by atoms with Gasteiger partial charge in [-0.2, -0.15) is 0 Å². The molecule has 31 heavy (non-hydrogen) atoms. The maximum Gasteiger partial charge on any atom is 0.248 e. The van der Waals surface area contributed by atoms with E-state index in [0.29, 0.717) is 41.7 Å². The number of nitrogens with one attached hydrogen (secondary N) is 2. The SMILES string of the molecule is O=C(COCF)N1CCC[C@H](CNc2nc(-c3c[nH]c4ncc(Cl)cc34)ncc2F)C1. The zero-order chi connectivity index (χ0) is 21.8. The number of piperidine rings is 1. The summed E-state index contributed by atoms with van der Waals surface area (Å²) in [6.07, 6.45) is 6.05. The summed E-state index contributed by atoms with van der Waals surface area (Å²) in [6.45, 7) is 0.271. The van der Waals surface area contributed by atoms with E-state index in [2.05, 4.69) is 30.0 Å². The molecular formula is C20H21ClF2N6O2.